The predicted octanol–water partition coefficient (Wildman–Crippen LogP) is 2.55. The smallest absolute Gasteiger partial charge is 0.337 e. The van der Waals surface area contributed by atoms with E-state index in [9.17, 15) is 19.2 Å². The zero-order valence-corrected chi connectivity index (χ0v) is 21.0. The molecule has 0 rings (SSSR count). The Kier molecular flexibility index (Phi) is 33.9. The number of hydrogen-bond acceptors (Lipinski definition) is 8. The molecule has 0 aromatic carbocycles. The maximum Gasteiger partial charge on any atom is 0.337 e. The number of rotatable bonds is 10. The lowest BCUT2D eigenvalue weighted by molar-refractivity contribution is -0.134. The van der Waals surface area contributed by atoms with Crippen molar-refractivity contribution in [2.75, 3.05) is 19.8 Å². The molecule has 202 valence electrons. The molecule has 35 heavy (non-hydrogen) atoms. The van der Waals surface area contributed by atoms with Crippen molar-refractivity contribution in [2.45, 2.75) is 40.5 Å². The molecule has 0 fully saturated rings. The molecule has 11 heteroatoms. The number of aliphatic carboxylic acids is 3. The van der Waals surface area contributed by atoms with Crippen LogP contribution in [-0.2, 0) is 23.9 Å². The number of esters is 1. The van der Waals surface area contributed by atoms with Crippen molar-refractivity contribution in [2.24, 2.45) is 5.92 Å². The van der Waals surface area contributed by atoms with Crippen molar-refractivity contribution in [1.29, 1.82) is 0 Å². The summed E-state index contributed by atoms with van der Waals surface area (Å²) in [6, 6.07) is 0. The minimum Gasteiger partial charge on any atom is -0.478 e. The van der Waals surface area contributed by atoms with Crippen LogP contribution in [-0.4, -0.2) is 74.3 Å². The number of carboxylic acids is 3. The topological polar surface area (TPSA) is 199 Å². The Morgan fingerprint density at radius 1 is 0.714 bits per heavy atom. The van der Waals surface area contributed by atoms with Gasteiger partial charge in [-0.15, -0.1) is 0 Å². The Morgan fingerprint density at radius 3 is 1.11 bits per heavy atom. The highest BCUT2D eigenvalue weighted by atomic mass is 16.5. The molecule has 0 unspecified atom stereocenters. The first-order chi connectivity index (χ1) is 16.0. The van der Waals surface area contributed by atoms with Gasteiger partial charge in [0.25, 0.3) is 0 Å². The Hall–Kier alpha value is -3.54. The van der Waals surface area contributed by atoms with Crippen molar-refractivity contribution < 1.29 is 54.6 Å². The third-order valence-electron chi connectivity index (χ3n) is 2.92. The van der Waals surface area contributed by atoms with Gasteiger partial charge in [0.05, 0.1) is 6.26 Å². The minimum atomic E-state index is -0.935. The van der Waals surface area contributed by atoms with Gasteiger partial charge >= 0.3 is 23.9 Å². The summed E-state index contributed by atoms with van der Waals surface area (Å²) in [4.78, 5) is 39.1. The highest BCUT2D eigenvalue weighted by Crippen LogP contribution is 2.02. The second kappa shape index (κ2) is 28.5. The van der Waals surface area contributed by atoms with Gasteiger partial charge in [-0.1, -0.05) is 32.9 Å². The fraction of sp³-hybridized carbons (Fsp3) is 0.417. The van der Waals surface area contributed by atoms with Crippen molar-refractivity contribution >= 4 is 23.9 Å². The van der Waals surface area contributed by atoms with E-state index in [1.54, 1.807) is 6.92 Å². The van der Waals surface area contributed by atoms with Crippen LogP contribution in [0.5, 0.6) is 0 Å². The number of carbonyl (C=O) groups excluding carboxylic acids is 1. The van der Waals surface area contributed by atoms with E-state index in [0.717, 1.165) is 6.26 Å². The highest BCUT2D eigenvalue weighted by molar-refractivity contribution is 5.87. The molecular weight excluding hydrogens is 464 g/mol. The summed E-state index contributed by atoms with van der Waals surface area (Å²) in [5.74, 6) is -3.28. The summed E-state index contributed by atoms with van der Waals surface area (Å²) in [7, 11) is 0. The van der Waals surface area contributed by atoms with E-state index in [1.165, 1.54) is 20.8 Å². The summed E-state index contributed by atoms with van der Waals surface area (Å²) in [5.41, 5.74) is 0.907. The molecular formula is C24H40O11. The lowest BCUT2D eigenvalue weighted by Crippen LogP contribution is -2.11. The number of aliphatic hydroxyl groups excluding tert-OH is 3. The number of ether oxygens (including phenoxy) is 1. The van der Waals surface area contributed by atoms with E-state index in [1.807, 2.05) is 0 Å². The first-order valence-electron chi connectivity index (χ1n) is 9.92. The fourth-order valence-electron chi connectivity index (χ4n) is 0.797. The molecule has 0 aromatic rings. The maximum atomic E-state index is 10.3. The molecule has 11 nitrogen and oxygen atoms in total. The van der Waals surface area contributed by atoms with Crippen molar-refractivity contribution in [3.05, 3.63) is 61.4 Å². The minimum absolute atomic E-state index is 0.0104. The van der Waals surface area contributed by atoms with Crippen molar-refractivity contribution in [3.8, 4) is 0 Å². The van der Waals surface area contributed by atoms with Gasteiger partial charge in [-0.3, -0.25) is 0 Å². The fourth-order valence-corrected chi connectivity index (χ4v) is 0.797. The number of carbonyl (C=O) groups is 4. The maximum absolute atomic E-state index is 10.3. The van der Waals surface area contributed by atoms with E-state index in [2.05, 4.69) is 37.6 Å². The van der Waals surface area contributed by atoms with E-state index in [0.29, 0.717) is 18.4 Å². The van der Waals surface area contributed by atoms with E-state index in [4.69, 9.17) is 30.6 Å². The average Bonchev–Trinajstić information content (AvgIpc) is 2.76. The molecule has 0 radical (unpaired) electrons. The molecule has 0 spiro atoms. The highest BCUT2D eigenvalue weighted by Gasteiger charge is 2.03. The van der Waals surface area contributed by atoms with Gasteiger partial charge in [0.1, 0.15) is 0 Å². The third-order valence-corrected chi connectivity index (χ3v) is 2.92. The lowest BCUT2D eigenvalue weighted by Gasteiger charge is -2.07. The van der Waals surface area contributed by atoms with Crippen LogP contribution in [0.15, 0.2) is 61.4 Å². The molecule has 0 aromatic heterocycles. The summed E-state index contributed by atoms with van der Waals surface area (Å²) >= 11 is 0. The first-order valence-corrected chi connectivity index (χ1v) is 9.92. The summed E-state index contributed by atoms with van der Waals surface area (Å²) in [5, 5.41) is 49.0. The Labute approximate surface area is 206 Å². The van der Waals surface area contributed by atoms with Crippen LogP contribution in [0.4, 0.5) is 0 Å². The quantitative estimate of drug-likeness (QED) is 0.145. The lowest BCUT2D eigenvalue weighted by atomic mass is 10.1. The molecule has 0 amide bonds. The van der Waals surface area contributed by atoms with Crippen molar-refractivity contribution in [3.63, 3.8) is 0 Å². The second-order valence-corrected chi connectivity index (χ2v) is 6.71. The van der Waals surface area contributed by atoms with Crippen LogP contribution in [0.25, 0.3) is 0 Å². The van der Waals surface area contributed by atoms with Crippen molar-refractivity contribution in [1.82, 2.24) is 0 Å². The van der Waals surface area contributed by atoms with Gasteiger partial charge in [0, 0.05) is 48.0 Å². The Morgan fingerprint density at radius 2 is 1.00 bits per heavy atom. The molecule has 0 heterocycles. The number of hydrogen-bond donors (Lipinski definition) is 6. The second-order valence-electron chi connectivity index (χ2n) is 6.71. The number of aliphatic hydroxyl groups is 3. The van der Waals surface area contributed by atoms with Gasteiger partial charge in [0.15, 0.2) is 0 Å². The Balaban J connectivity index is -0.000000108. The third kappa shape index (κ3) is 44.8. The first kappa shape index (κ1) is 41.7. The summed E-state index contributed by atoms with van der Waals surface area (Å²) in [6.07, 6.45) is 2.44. The molecule has 0 aliphatic rings. The molecule has 0 bridgehead atoms. The Bertz CT molecular complexity index is 609. The van der Waals surface area contributed by atoms with Gasteiger partial charge in [-0.2, -0.15) is 0 Å². The molecule has 0 atom stereocenters. The summed E-state index contributed by atoms with van der Waals surface area (Å²) < 4.78 is 4.33. The molecule has 0 saturated carbocycles. The van der Waals surface area contributed by atoms with Crippen LogP contribution in [0.2, 0.25) is 0 Å². The van der Waals surface area contributed by atoms with Gasteiger partial charge in [-0.25, -0.2) is 19.2 Å². The van der Waals surface area contributed by atoms with Gasteiger partial charge < -0.3 is 35.4 Å². The van der Waals surface area contributed by atoms with Crippen LogP contribution >= 0.6 is 0 Å². The normalized spacial score (nSPS) is 8.34. The monoisotopic (exact) mass is 504 g/mol. The average molecular weight is 505 g/mol. The molecule has 0 aliphatic heterocycles. The SMILES string of the molecule is C=C(C)C(=O)O.C=C(C)C(=O)O.C=C(C)C(=O)O.C=COC(=O)C(=C)C.OCCCC(CO)CO. The van der Waals surface area contributed by atoms with Gasteiger partial charge in [-0.05, 0) is 40.5 Å². The van der Waals surface area contributed by atoms with Crippen LogP contribution in [0.3, 0.4) is 0 Å². The van der Waals surface area contributed by atoms with Gasteiger partial charge in [0.2, 0.25) is 0 Å². The van der Waals surface area contributed by atoms with E-state index < -0.39 is 23.9 Å². The molecule has 0 aliphatic carbocycles. The van der Waals surface area contributed by atoms with Crippen LogP contribution in [0.1, 0.15) is 40.5 Å². The predicted molar refractivity (Wildman–Crippen MR) is 132 cm³/mol. The summed E-state index contributed by atoms with van der Waals surface area (Å²) in [6.45, 7) is 22.1. The zero-order chi connectivity index (χ0) is 29.1. The zero-order valence-electron chi connectivity index (χ0n) is 21.0. The standard InChI is InChI=1S/C6H14O3.C6H8O2.3C4H6O2/c7-3-1-2-6(4-8)5-9;1-4-8-6(7)5(2)3;3*1-3(2)4(5)6/h6-9H,1-5H2;4H,1-2H2,3H3;3*1H2,2H3,(H,5,6). The molecule has 0 saturated heterocycles. The molecule has 6 N–H and O–H groups in total. The van der Waals surface area contributed by atoms with Crippen LogP contribution < -0.4 is 0 Å². The number of carboxylic acid groups (broad SMARTS) is 3. The van der Waals surface area contributed by atoms with E-state index in [-0.39, 0.29) is 42.5 Å². The van der Waals surface area contributed by atoms with E-state index >= 15 is 0 Å². The largest absolute Gasteiger partial charge is 0.478 e. The van der Waals surface area contributed by atoms with Crippen LogP contribution in [0, 0.1) is 5.92 Å².